The van der Waals surface area contributed by atoms with E-state index in [1.54, 1.807) is 12.1 Å². The van der Waals surface area contributed by atoms with Gasteiger partial charge in [-0.1, -0.05) is 19.8 Å². The molecule has 3 heteroatoms. The number of phenols is 1. The van der Waals surface area contributed by atoms with Crippen LogP contribution >= 0.6 is 0 Å². The lowest BCUT2D eigenvalue weighted by Gasteiger charge is -2.10. The number of rotatable bonds is 5. The molecule has 3 nitrogen and oxygen atoms in total. The first-order chi connectivity index (χ1) is 7.81. The van der Waals surface area contributed by atoms with Gasteiger partial charge in [0, 0.05) is 11.6 Å². The molecule has 0 aliphatic carbocycles. The Hall–Kier alpha value is -1.22. The van der Waals surface area contributed by atoms with E-state index < -0.39 is 0 Å². The normalized spacial score (nSPS) is 18.2. The second-order valence-corrected chi connectivity index (χ2v) is 4.25. The summed E-state index contributed by atoms with van der Waals surface area (Å²) < 4.78 is 5.53. The molecule has 0 fully saturated rings. The lowest BCUT2D eigenvalue weighted by Crippen LogP contribution is -2.23. The van der Waals surface area contributed by atoms with Crippen LogP contribution in [0.4, 0.5) is 0 Å². The number of nitrogens with one attached hydrogen (secondary N) is 1. The third-order valence-electron chi connectivity index (χ3n) is 2.95. The van der Waals surface area contributed by atoms with Gasteiger partial charge < -0.3 is 15.2 Å². The Bertz CT molecular complexity index is 352. The molecule has 16 heavy (non-hydrogen) atoms. The van der Waals surface area contributed by atoms with Gasteiger partial charge in [0.1, 0.15) is 18.1 Å². The lowest BCUT2D eigenvalue weighted by atomic mass is 10.1. The fourth-order valence-electron chi connectivity index (χ4n) is 2.02. The Morgan fingerprint density at radius 2 is 2.31 bits per heavy atom. The molecule has 88 valence electrons. The molecular weight excluding hydrogens is 202 g/mol. The quantitative estimate of drug-likeness (QED) is 0.751. The van der Waals surface area contributed by atoms with E-state index in [2.05, 4.69) is 12.2 Å². The lowest BCUT2D eigenvalue weighted by molar-refractivity contribution is 0.309. The third-order valence-corrected chi connectivity index (χ3v) is 2.95. The molecule has 2 rings (SSSR count). The van der Waals surface area contributed by atoms with Crippen LogP contribution < -0.4 is 10.1 Å². The summed E-state index contributed by atoms with van der Waals surface area (Å²) >= 11 is 0. The van der Waals surface area contributed by atoms with Crippen molar-refractivity contribution in [2.45, 2.75) is 32.2 Å². The number of hydrogen-bond donors (Lipinski definition) is 2. The van der Waals surface area contributed by atoms with Crippen molar-refractivity contribution in [3.63, 3.8) is 0 Å². The maximum atomic E-state index is 9.33. The number of ether oxygens (including phenoxy) is 1. The van der Waals surface area contributed by atoms with Gasteiger partial charge in [0.2, 0.25) is 0 Å². The van der Waals surface area contributed by atoms with Crippen LogP contribution in [-0.2, 0) is 0 Å². The highest BCUT2D eigenvalue weighted by Gasteiger charge is 2.23. The Labute approximate surface area is 96.4 Å². The van der Waals surface area contributed by atoms with E-state index in [1.165, 1.54) is 19.3 Å². The zero-order chi connectivity index (χ0) is 11.4. The molecule has 1 aromatic carbocycles. The molecule has 0 aromatic heterocycles. The van der Waals surface area contributed by atoms with E-state index in [1.807, 2.05) is 6.07 Å². The zero-order valence-corrected chi connectivity index (χ0v) is 9.70. The Balaban J connectivity index is 1.91. The molecule has 0 amide bonds. The van der Waals surface area contributed by atoms with Gasteiger partial charge in [-0.3, -0.25) is 0 Å². The maximum Gasteiger partial charge on any atom is 0.127 e. The van der Waals surface area contributed by atoms with Crippen LogP contribution in [0.1, 0.15) is 37.8 Å². The van der Waals surface area contributed by atoms with Crippen LogP contribution in [0.2, 0.25) is 0 Å². The van der Waals surface area contributed by atoms with E-state index in [0.29, 0.717) is 6.61 Å². The van der Waals surface area contributed by atoms with Gasteiger partial charge in [0.05, 0.1) is 6.04 Å². The molecule has 1 aromatic rings. The van der Waals surface area contributed by atoms with Crippen molar-refractivity contribution in [1.29, 1.82) is 0 Å². The van der Waals surface area contributed by atoms with Crippen molar-refractivity contribution in [3.8, 4) is 11.5 Å². The van der Waals surface area contributed by atoms with Gasteiger partial charge in [0.15, 0.2) is 0 Å². The molecule has 0 radical (unpaired) electrons. The smallest absolute Gasteiger partial charge is 0.127 e. The molecule has 1 aliphatic rings. The van der Waals surface area contributed by atoms with Crippen LogP contribution in [0.15, 0.2) is 18.2 Å². The Kier molecular flexibility index (Phi) is 3.67. The van der Waals surface area contributed by atoms with Crippen LogP contribution in [0.5, 0.6) is 11.5 Å². The minimum absolute atomic E-state index is 0.269. The first kappa shape index (κ1) is 11.3. The minimum atomic E-state index is 0.269. The molecule has 1 unspecified atom stereocenters. The highest BCUT2D eigenvalue weighted by Crippen LogP contribution is 2.34. The van der Waals surface area contributed by atoms with Crippen molar-refractivity contribution in [1.82, 2.24) is 5.32 Å². The number of unbranched alkanes of at least 4 members (excludes halogenated alkanes) is 2. The van der Waals surface area contributed by atoms with E-state index in [0.717, 1.165) is 17.9 Å². The standard InChI is InChI=1S/C13H19NO2/c1-2-3-4-7-14-12-9-16-13-8-10(15)5-6-11(12)13/h5-6,8,12,14-15H,2-4,7,9H2,1H3. The second kappa shape index (κ2) is 5.21. The minimum Gasteiger partial charge on any atom is -0.508 e. The fraction of sp³-hybridized carbons (Fsp3) is 0.538. The van der Waals surface area contributed by atoms with Crippen LogP contribution in [-0.4, -0.2) is 18.3 Å². The summed E-state index contributed by atoms with van der Waals surface area (Å²) in [6.45, 7) is 3.91. The molecule has 1 aliphatic heterocycles. The van der Waals surface area contributed by atoms with E-state index >= 15 is 0 Å². The summed E-state index contributed by atoms with van der Waals surface area (Å²) in [5.41, 5.74) is 1.16. The van der Waals surface area contributed by atoms with Crippen molar-refractivity contribution in [2.24, 2.45) is 0 Å². The average molecular weight is 221 g/mol. The van der Waals surface area contributed by atoms with Gasteiger partial charge in [0.25, 0.3) is 0 Å². The number of benzene rings is 1. The predicted octanol–water partition coefficient (Wildman–Crippen LogP) is 2.61. The van der Waals surface area contributed by atoms with E-state index in [9.17, 15) is 5.11 Å². The highest BCUT2D eigenvalue weighted by atomic mass is 16.5. The molecule has 0 saturated heterocycles. The highest BCUT2D eigenvalue weighted by molar-refractivity contribution is 5.44. The Morgan fingerprint density at radius 3 is 3.12 bits per heavy atom. The summed E-state index contributed by atoms with van der Waals surface area (Å²) in [4.78, 5) is 0. The van der Waals surface area contributed by atoms with Crippen LogP contribution in [0, 0.1) is 0 Å². The maximum absolute atomic E-state index is 9.33. The van der Waals surface area contributed by atoms with E-state index in [-0.39, 0.29) is 11.8 Å². The van der Waals surface area contributed by atoms with Crippen molar-refractivity contribution in [2.75, 3.05) is 13.2 Å². The van der Waals surface area contributed by atoms with Crippen molar-refractivity contribution < 1.29 is 9.84 Å². The second-order valence-electron chi connectivity index (χ2n) is 4.25. The molecule has 1 atom stereocenters. The first-order valence-corrected chi connectivity index (χ1v) is 6.00. The van der Waals surface area contributed by atoms with Gasteiger partial charge in [-0.05, 0) is 25.1 Å². The summed E-state index contributed by atoms with van der Waals surface area (Å²) in [5, 5.41) is 12.8. The monoisotopic (exact) mass is 221 g/mol. The zero-order valence-electron chi connectivity index (χ0n) is 9.70. The van der Waals surface area contributed by atoms with E-state index in [4.69, 9.17) is 4.74 Å². The number of hydrogen-bond acceptors (Lipinski definition) is 3. The summed E-state index contributed by atoms with van der Waals surface area (Å²) in [7, 11) is 0. The number of aromatic hydroxyl groups is 1. The third kappa shape index (κ3) is 2.47. The number of phenolic OH excluding ortho intramolecular Hbond substituents is 1. The SMILES string of the molecule is CCCCCNC1COc2cc(O)ccc21. The fourth-order valence-corrected chi connectivity index (χ4v) is 2.02. The summed E-state index contributed by atoms with van der Waals surface area (Å²) in [5.74, 6) is 1.08. The largest absolute Gasteiger partial charge is 0.508 e. The molecule has 1 heterocycles. The molecule has 2 N–H and O–H groups in total. The van der Waals surface area contributed by atoms with Gasteiger partial charge in [-0.15, -0.1) is 0 Å². The number of fused-ring (bicyclic) bond motifs is 1. The van der Waals surface area contributed by atoms with Gasteiger partial charge in [-0.25, -0.2) is 0 Å². The van der Waals surface area contributed by atoms with Gasteiger partial charge in [-0.2, -0.15) is 0 Å². The molecule has 0 saturated carbocycles. The average Bonchev–Trinajstić information content (AvgIpc) is 2.67. The first-order valence-electron chi connectivity index (χ1n) is 6.00. The summed E-state index contributed by atoms with van der Waals surface area (Å²) in [6, 6.07) is 5.62. The van der Waals surface area contributed by atoms with Crippen LogP contribution in [0.3, 0.4) is 0 Å². The Morgan fingerprint density at radius 1 is 1.44 bits per heavy atom. The molecule has 0 bridgehead atoms. The van der Waals surface area contributed by atoms with Crippen molar-refractivity contribution in [3.05, 3.63) is 23.8 Å². The van der Waals surface area contributed by atoms with Gasteiger partial charge >= 0.3 is 0 Å². The topological polar surface area (TPSA) is 41.5 Å². The molecular formula is C13H19NO2. The predicted molar refractivity (Wildman–Crippen MR) is 63.9 cm³/mol. The summed E-state index contributed by atoms with van der Waals surface area (Å²) in [6.07, 6.45) is 3.72. The molecule has 0 spiro atoms. The van der Waals surface area contributed by atoms with Crippen LogP contribution in [0.25, 0.3) is 0 Å². The van der Waals surface area contributed by atoms with Crippen molar-refractivity contribution >= 4 is 0 Å².